The number of hydrogen-bond acceptors (Lipinski definition) is 4. The molecule has 3 rings (SSSR count). The number of hydrogen-bond donors (Lipinski definition) is 1. The lowest BCUT2D eigenvalue weighted by Gasteiger charge is -2.23. The van der Waals surface area contributed by atoms with E-state index in [1.54, 1.807) is 11.8 Å². The molecular weight excluding hydrogens is 310 g/mol. The Morgan fingerprint density at radius 3 is 3.00 bits per heavy atom. The van der Waals surface area contributed by atoms with Crippen LogP contribution in [-0.4, -0.2) is 34.9 Å². The molecule has 6 heteroatoms. The maximum Gasteiger partial charge on any atom is 0.317 e. The first-order valence-corrected chi connectivity index (χ1v) is 8.88. The smallest absolute Gasteiger partial charge is 0.317 e. The van der Waals surface area contributed by atoms with E-state index in [0.717, 1.165) is 36.6 Å². The maximum absolute atomic E-state index is 12.4. The summed E-state index contributed by atoms with van der Waals surface area (Å²) in [5.41, 5.74) is 0.855. The minimum Gasteiger partial charge on any atom is -0.361 e. The highest BCUT2D eigenvalue weighted by Crippen LogP contribution is 2.31. The Hall–Kier alpha value is -1.95. The number of urea groups is 1. The Bertz CT molecular complexity index is 644. The summed E-state index contributed by atoms with van der Waals surface area (Å²) in [6, 6.07) is 12.2. The highest BCUT2D eigenvalue weighted by molar-refractivity contribution is 7.99. The van der Waals surface area contributed by atoms with Gasteiger partial charge in [0.25, 0.3) is 0 Å². The van der Waals surface area contributed by atoms with Crippen molar-refractivity contribution in [3.8, 4) is 0 Å². The minimum absolute atomic E-state index is 0.0122. The van der Waals surface area contributed by atoms with Gasteiger partial charge in [-0.2, -0.15) is 0 Å². The van der Waals surface area contributed by atoms with Crippen molar-refractivity contribution in [2.45, 2.75) is 30.7 Å². The molecule has 2 amide bonds. The number of likely N-dealkylation sites (tertiary alicyclic amines) is 1. The van der Waals surface area contributed by atoms with Crippen LogP contribution in [0.2, 0.25) is 0 Å². The standard InChI is InChI=1S/C17H21N3O2S/c1-13-12-15(19-22-13)16-8-5-10-20(16)17(21)18-9-11-23-14-6-3-2-4-7-14/h2-4,6-7,12,16H,5,8-11H2,1H3,(H,18,21)/t16-/m0/s1. The zero-order chi connectivity index (χ0) is 16.1. The molecule has 1 aromatic carbocycles. The molecule has 1 aliphatic heterocycles. The van der Waals surface area contributed by atoms with Gasteiger partial charge >= 0.3 is 6.03 Å². The lowest BCUT2D eigenvalue weighted by molar-refractivity contribution is 0.191. The highest BCUT2D eigenvalue weighted by Gasteiger charge is 2.31. The molecule has 1 N–H and O–H groups in total. The van der Waals surface area contributed by atoms with Crippen LogP contribution in [0.15, 0.2) is 45.8 Å². The van der Waals surface area contributed by atoms with Gasteiger partial charge in [-0.15, -0.1) is 11.8 Å². The molecule has 0 unspecified atom stereocenters. The molecule has 0 spiro atoms. The Morgan fingerprint density at radius 1 is 1.43 bits per heavy atom. The van der Waals surface area contributed by atoms with Gasteiger partial charge in [0.2, 0.25) is 0 Å². The van der Waals surface area contributed by atoms with Crippen LogP contribution >= 0.6 is 11.8 Å². The zero-order valence-electron chi connectivity index (χ0n) is 13.2. The topological polar surface area (TPSA) is 58.4 Å². The van der Waals surface area contributed by atoms with E-state index in [1.807, 2.05) is 36.1 Å². The third-order valence-corrected chi connectivity index (χ3v) is 4.91. The van der Waals surface area contributed by atoms with Gasteiger partial charge in [0.05, 0.1) is 6.04 Å². The number of carbonyl (C=O) groups is 1. The quantitative estimate of drug-likeness (QED) is 0.671. The lowest BCUT2D eigenvalue weighted by atomic mass is 10.1. The van der Waals surface area contributed by atoms with E-state index >= 15 is 0 Å². The van der Waals surface area contributed by atoms with E-state index in [4.69, 9.17) is 4.52 Å². The maximum atomic E-state index is 12.4. The highest BCUT2D eigenvalue weighted by atomic mass is 32.2. The summed E-state index contributed by atoms with van der Waals surface area (Å²) < 4.78 is 5.14. The van der Waals surface area contributed by atoms with E-state index in [0.29, 0.717) is 6.54 Å². The number of aromatic nitrogens is 1. The van der Waals surface area contributed by atoms with Crippen LogP contribution in [0, 0.1) is 6.92 Å². The van der Waals surface area contributed by atoms with Crippen molar-refractivity contribution in [2.75, 3.05) is 18.8 Å². The number of thioether (sulfide) groups is 1. The van der Waals surface area contributed by atoms with E-state index in [2.05, 4.69) is 22.6 Å². The fourth-order valence-electron chi connectivity index (χ4n) is 2.81. The van der Waals surface area contributed by atoms with Crippen molar-refractivity contribution < 1.29 is 9.32 Å². The molecule has 0 saturated carbocycles. The van der Waals surface area contributed by atoms with E-state index < -0.39 is 0 Å². The monoisotopic (exact) mass is 331 g/mol. The van der Waals surface area contributed by atoms with Gasteiger partial charge in [-0.25, -0.2) is 4.79 Å². The van der Waals surface area contributed by atoms with Gasteiger partial charge in [-0.05, 0) is 31.9 Å². The first kappa shape index (κ1) is 15.9. The second-order valence-corrected chi connectivity index (χ2v) is 6.78. The SMILES string of the molecule is Cc1cc([C@@H]2CCCN2C(=O)NCCSc2ccccc2)no1. The van der Waals surface area contributed by atoms with E-state index in [-0.39, 0.29) is 12.1 Å². The zero-order valence-corrected chi connectivity index (χ0v) is 14.0. The second-order valence-electron chi connectivity index (χ2n) is 5.61. The van der Waals surface area contributed by atoms with Gasteiger partial charge < -0.3 is 14.7 Å². The minimum atomic E-state index is -0.0122. The predicted octanol–water partition coefficient (Wildman–Crippen LogP) is 3.62. The average Bonchev–Trinajstić information content (AvgIpc) is 3.21. The molecule has 1 aliphatic rings. The number of rotatable bonds is 5. The van der Waals surface area contributed by atoms with Crippen LogP contribution in [0.25, 0.3) is 0 Å². The number of carbonyl (C=O) groups excluding carboxylic acids is 1. The third kappa shape index (κ3) is 4.07. The summed E-state index contributed by atoms with van der Waals surface area (Å²) in [7, 11) is 0. The Kier molecular flexibility index (Phi) is 5.23. The van der Waals surface area contributed by atoms with Crippen LogP contribution in [0.4, 0.5) is 4.79 Å². The first-order chi connectivity index (χ1) is 11.2. The Balaban J connectivity index is 1.47. The molecule has 1 aromatic heterocycles. The van der Waals surface area contributed by atoms with Crippen molar-refractivity contribution in [1.29, 1.82) is 0 Å². The molecule has 1 saturated heterocycles. The lowest BCUT2D eigenvalue weighted by Crippen LogP contribution is -2.40. The molecule has 1 fully saturated rings. The van der Waals surface area contributed by atoms with E-state index in [1.165, 1.54) is 4.90 Å². The van der Waals surface area contributed by atoms with Crippen LogP contribution in [0.3, 0.4) is 0 Å². The van der Waals surface area contributed by atoms with Crippen molar-refractivity contribution in [3.63, 3.8) is 0 Å². The number of benzene rings is 1. The number of amides is 2. The van der Waals surface area contributed by atoms with Crippen molar-refractivity contribution in [2.24, 2.45) is 0 Å². The normalized spacial score (nSPS) is 17.4. The molecule has 2 aromatic rings. The second kappa shape index (κ2) is 7.55. The summed E-state index contributed by atoms with van der Waals surface area (Å²) in [5.74, 6) is 1.64. The van der Waals surface area contributed by atoms with E-state index in [9.17, 15) is 4.79 Å². The molecule has 0 aliphatic carbocycles. The van der Waals surface area contributed by atoms with Gasteiger partial charge in [0.15, 0.2) is 0 Å². The molecule has 1 atom stereocenters. The number of nitrogens with zero attached hydrogens (tertiary/aromatic N) is 2. The summed E-state index contributed by atoms with van der Waals surface area (Å²) in [4.78, 5) is 15.5. The van der Waals surface area contributed by atoms with Gasteiger partial charge in [-0.1, -0.05) is 23.4 Å². The molecule has 0 radical (unpaired) electrons. The summed E-state index contributed by atoms with van der Waals surface area (Å²) in [6.45, 7) is 3.30. The largest absolute Gasteiger partial charge is 0.361 e. The van der Waals surface area contributed by atoms with Crippen LogP contribution in [-0.2, 0) is 0 Å². The van der Waals surface area contributed by atoms with Crippen molar-refractivity contribution >= 4 is 17.8 Å². The molecular formula is C17H21N3O2S. The van der Waals surface area contributed by atoms with Crippen LogP contribution in [0.1, 0.15) is 30.3 Å². The molecule has 23 heavy (non-hydrogen) atoms. The Morgan fingerprint density at radius 2 is 2.26 bits per heavy atom. The van der Waals surface area contributed by atoms with Gasteiger partial charge in [0.1, 0.15) is 11.5 Å². The summed E-state index contributed by atoms with van der Waals surface area (Å²) in [6.07, 6.45) is 1.95. The van der Waals surface area contributed by atoms with Gasteiger partial charge in [0, 0.05) is 29.8 Å². The Labute approximate surface area is 140 Å². The average molecular weight is 331 g/mol. The van der Waals surface area contributed by atoms with Crippen molar-refractivity contribution in [3.05, 3.63) is 47.9 Å². The molecule has 2 heterocycles. The first-order valence-electron chi connectivity index (χ1n) is 7.89. The van der Waals surface area contributed by atoms with Crippen LogP contribution < -0.4 is 5.32 Å². The number of aryl methyl sites for hydroxylation is 1. The third-order valence-electron chi connectivity index (χ3n) is 3.89. The van der Waals surface area contributed by atoms with Crippen LogP contribution in [0.5, 0.6) is 0 Å². The molecule has 0 bridgehead atoms. The summed E-state index contributed by atoms with van der Waals surface area (Å²) >= 11 is 1.74. The van der Waals surface area contributed by atoms with Crippen molar-refractivity contribution in [1.82, 2.24) is 15.4 Å². The molecule has 122 valence electrons. The fourth-order valence-corrected chi connectivity index (χ4v) is 3.59. The fraction of sp³-hybridized carbons (Fsp3) is 0.412. The summed E-state index contributed by atoms with van der Waals surface area (Å²) in [5, 5.41) is 7.07. The van der Waals surface area contributed by atoms with Gasteiger partial charge in [-0.3, -0.25) is 0 Å². The number of nitrogens with one attached hydrogen (secondary N) is 1. The molecule has 5 nitrogen and oxygen atoms in total. The predicted molar refractivity (Wildman–Crippen MR) is 90.5 cm³/mol.